The number of halogens is 2. The summed E-state index contributed by atoms with van der Waals surface area (Å²) in [6, 6.07) is 8.06. The molecule has 96 valence electrons. The molecule has 0 N–H and O–H groups in total. The molecule has 1 aromatic rings. The number of hydrogen-bond acceptors (Lipinski definition) is 2. The zero-order valence-electron chi connectivity index (χ0n) is 10.2. The summed E-state index contributed by atoms with van der Waals surface area (Å²) in [6.45, 7) is 4.47. The first-order valence-corrected chi connectivity index (χ1v) is 6.98. The minimum atomic E-state index is 0.602. The van der Waals surface area contributed by atoms with Crippen LogP contribution in [-0.4, -0.2) is 31.5 Å². The number of alkyl halides is 2. The van der Waals surface area contributed by atoms with Crippen LogP contribution in [-0.2, 0) is 0 Å². The van der Waals surface area contributed by atoms with Gasteiger partial charge in [-0.1, -0.05) is 6.92 Å². The third kappa shape index (κ3) is 5.05. The minimum Gasteiger partial charge on any atom is -0.494 e. The second-order valence-corrected chi connectivity index (χ2v) is 4.46. The summed E-state index contributed by atoms with van der Waals surface area (Å²) in [7, 11) is 0. The molecule has 0 spiro atoms. The highest BCUT2D eigenvalue weighted by molar-refractivity contribution is 6.18. The van der Waals surface area contributed by atoms with Crippen molar-refractivity contribution in [2.75, 3.05) is 36.4 Å². The average Bonchev–Trinajstić information content (AvgIpc) is 2.37. The number of hydrogen-bond donors (Lipinski definition) is 0. The standard InChI is InChI=1S/C13H19Cl2NO/c1-2-11-17-13-5-3-12(4-6-13)16(9-7-14)10-8-15/h3-6H,2,7-11H2,1H3. The van der Waals surface area contributed by atoms with E-state index in [4.69, 9.17) is 27.9 Å². The first-order chi connectivity index (χ1) is 8.31. The molecule has 0 unspecified atom stereocenters. The van der Waals surface area contributed by atoms with Crippen LogP contribution < -0.4 is 9.64 Å². The Morgan fingerprint density at radius 3 is 2.12 bits per heavy atom. The smallest absolute Gasteiger partial charge is 0.119 e. The van der Waals surface area contributed by atoms with Gasteiger partial charge in [-0.2, -0.15) is 0 Å². The molecule has 0 amide bonds. The van der Waals surface area contributed by atoms with Crippen LogP contribution >= 0.6 is 23.2 Å². The van der Waals surface area contributed by atoms with E-state index in [-0.39, 0.29) is 0 Å². The molecule has 17 heavy (non-hydrogen) atoms. The fraction of sp³-hybridized carbons (Fsp3) is 0.538. The van der Waals surface area contributed by atoms with Crippen molar-refractivity contribution in [2.45, 2.75) is 13.3 Å². The van der Waals surface area contributed by atoms with Gasteiger partial charge in [-0.05, 0) is 30.7 Å². The number of ether oxygens (including phenoxy) is 1. The Hall–Kier alpha value is -0.600. The van der Waals surface area contributed by atoms with Crippen molar-refractivity contribution in [2.24, 2.45) is 0 Å². The van der Waals surface area contributed by atoms with Gasteiger partial charge in [0, 0.05) is 30.5 Å². The van der Waals surface area contributed by atoms with Crippen LogP contribution in [0.4, 0.5) is 5.69 Å². The van der Waals surface area contributed by atoms with Crippen LogP contribution in [0.5, 0.6) is 5.75 Å². The molecule has 0 radical (unpaired) electrons. The highest BCUT2D eigenvalue weighted by Crippen LogP contribution is 2.19. The zero-order chi connectivity index (χ0) is 12.5. The van der Waals surface area contributed by atoms with E-state index in [9.17, 15) is 0 Å². The van der Waals surface area contributed by atoms with Gasteiger partial charge in [-0.25, -0.2) is 0 Å². The second-order valence-electron chi connectivity index (χ2n) is 3.71. The lowest BCUT2D eigenvalue weighted by Gasteiger charge is -2.23. The summed E-state index contributed by atoms with van der Waals surface area (Å²) in [5, 5.41) is 0. The van der Waals surface area contributed by atoms with Gasteiger partial charge in [0.2, 0.25) is 0 Å². The molecule has 0 aromatic heterocycles. The predicted molar refractivity (Wildman–Crippen MR) is 75.9 cm³/mol. The van der Waals surface area contributed by atoms with E-state index in [1.165, 1.54) is 0 Å². The van der Waals surface area contributed by atoms with Crippen LogP contribution in [0, 0.1) is 0 Å². The number of benzene rings is 1. The van der Waals surface area contributed by atoms with Gasteiger partial charge in [0.1, 0.15) is 5.75 Å². The fourth-order valence-corrected chi connectivity index (χ4v) is 1.96. The monoisotopic (exact) mass is 275 g/mol. The lowest BCUT2D eigenvalue weighted by Crippen LogP contribution is -2.27. The summed E-state index contributed by atoms with van der Waals surface area (Å²) in [5.74, 6) is 2.11. The Bertz CT molecular complexity index is 297. The van der Waals surface area contributed by atoms with Gasteiger partial charge < -0.3 is 9.64 Å². The quantitative estimate of drug-likeness (QED) is 0.670. The molecular weight excluding hydrogens is 257 g/mol. The maximum atomic E-state index is 5.77. The molecule has 0 aliphatic carbocycles. The summed E-state index contributed by atoms with van der Waals surface area (Å²) >= 11 is 11.5. The van der Waals surface area contributed by atoms with Crippen molar-refractivity contribution in [3.8, 4) is 5.75 Å². The molecule has 0 heterocycles. The Labute approximate surface area is 113 Å². The number of rotatable bonds is 8. The van der Waals surface area contributed by atoms with Crippen molar-refractivity contribution >= 4 is 28.9 Å². The van der Waals surface area contributed by atoms with E-state index in [0.29, 0.717) is 11.8 Å². The maximum Gasteiger partial charge on any atom is 0.119 e. The van der Waals surface area contributed by atoms with Gasteiger partial charge >= 0.3 is 0 Å². The molecule has 0 aliphatic heterocycles. The van der Waals surface area contributed by atoms with E-state index < -0.39 is 0 Å². The van der Waals surface area contributed by atoms with E-state index in [1.54, 1.807) is 0 Å². The largest absolute Gasteiger partial charge is 0.494 e. The van der Waals surface area contributed by atoms with Crippen LogP contribution in [0.3, 0.4) is 0 Å². The van der Waals surface area contributed by atoms with E-state index >= 15 is 0 Å². The van der Waals surface area contributed by atoms with Crippen LogP contribution in [0.2, 0.25) is 0 Å². The van der Waals surface area contributed by atoms with E-state index in [1.807, 2.05) is 24.3 Å². The molecule has 4 heteroatoms. The van der Waals surface area contributed by atoms with E-state index in [0.717, 1.165) is 37.6 Å². The summed E-state index contributed by atoms with van der Waals surface area (Å²) < 4.78 is 5.54. The number of nitrogens with zero attached hydrogens (tertiary/aromatic N) is 1. The SMILES string of the molecule is CCCOc1ccc(N(CCCl)CCCl)cc1. The Morgan fingerprint density at radius 2 is 1.65 bits per heavy atom. The second kappa shape index (κ2) is 8.48. The van der Waals surface area contributed by atoms with Crippen LogP contribution in [0.1, 0.15) is 13.3 Å². The minimum absolute atomic E-state index is 0.602. The van der Waals surface area contributed by atoms with Crippen molar-refractivity contribution in [3.05, 3.63) is 24.3 Å². The normalized spacial score (nSPS) is 10.3. The van der Waals surface area contributed by atoms with Gasteiger partial charge in [-0.3, -0.25) is 0 Å². The average molecular weight is 276 g/mol. The highest BCUT2D eigenvalue weighted by atomic mass is 35.5. The third-order valence-electron chi connectivity index (χ3n) is 2.38. The zero-order valence-corrected chi connectivity index (χ0v) is 11.7. The van der Waals surface area contributed by atoms with Crippen molar-refractivity contribution in [1.29, 1.82) is 0 Å². The third-order valence-corrected chi connectivity index (χ3v) is 2.72. The molecule has 2 nitrogen and oxygen atoms in total. The first kappa shape index (κ1) is 14.5. The lowest BCUT2D eigenvalue weighted by atomic mass is 10.2. The molecule has 0 saturated carbocycles. The van der Waals surface area contributed by atoms with Crippen LogP contribution in [0.15, 0.2) is 24.3 Å². The summed E-state index contributed by atoms with van der Waals surface area (Å²) in [6.07, 6.45) is 1.02. The molecule has 0 bridgehead atoms. The summed E-state index contributed by atoms with van der Waals surface area (Å²) in [4.78, 5) is 2.17. The van der Waals surface area contributed by atoms with Crippen molar-refractivity contribution in [3.63, 3.8) is 0 Å². The predicted octanol–water partition coefficient (Wildman–Crippen LogP) is 3.76. The lowest BCUT2D eigenvalue weighted by molar-refractivity contribution is 0.317. The molecule has 1 rings (SSSR count). The maximum absolute atomic E-state index is 5.77. The number of anilines is 1. The fourth-order valence-electron chi connectivity index (χ4n) is 1.55. The van der Waals surface area contributed by atoms with Crippen molar-refractivity contribution in [1.82, 2.24) is 0 Å². The molecule has 0 fully saturated rings. The van der Waals surface area contributed by atoms with E-state index in [2.05, 4.69) is 11.8 Å². The van der Waals surface area contributed by atoms with Crippen molar-refractivity contribution < 1.29 is 4.74 Å². The van der Waals surface area contributed by atoms with Crippen LogP contribution in [0.25, 0.3) is 0 Å². The van der Waals surface area contributed by atoms with Gasteiger partial charge in [-0.15, -0.1) is 23.2 Å². The molecule has 0 aliphatic rings. The molecule has 1 aromatic carbocycles. The molecule has 0 atom stereocenters. The Kier molecular flexibility index (Phi) is 7.22. The topological polar surface area (TPSA) is 12.5 Å². The highest BCUT2D eigenvalue weighted by Gasteiger charge is 2.05. The molecule has 0 saturated heterocycles. The Balaban J connectivity index is 2.63. The van der Waals surface area contributed by atoms with Gasteiger partial charge in [0.15, 0.2) is 0 Å². The molecular formula is C13H19Cl2NO. The van der Waals surface area contributed by atoms with Gasteiger partial charge in [0.05, 0.1) is 6.61 Å². The summed E-state index contributed by atoms with van der Waals surface area (Å²) in [5.41, 5.74) is 1.13. The van der Waals surface area contributed by atoms with Gasteiger partial charge in [0.25, 0.3) is 0 Å². The first-order valence-electron chi connectivity index (χ1n) is 5.91. The Morgan fingerprint density at radius 1 is 1.06 bits per heavy atom.